The first-order valence-corrected chi connectivity index (χ1v) is 10.5. The number of carbonyl (C=O) groups is 1. The fourth-order valence-corrected chi connectivity index (χ4v) is 3.96. The number of carbonyl (C=O) groups excluding carboxylic acids is 1. The highest BCUT2D eigenvalue weighted by Gasteiger charge is 2.26. The van der Waals surface area contributed by atoms with Crippen molar-refractivity contribution in [3.8, 4) is 5.75 Å². The van der Waals surface area contributed by atoms with Gasteiger partial charge in [-0.25, -0.2) is 4.98 Å². The van der Waals surface area contributed by atoms with Gasteiger partial charge in [0.15, 0.2) is 0 Å². The first-order chi connectivity index (χ1) is 16.4. The van der Waals surface area contributed by atoms with Gasteiger partial charge in [-0.05, 0) is 23.8 Å². The molecule has 170 valence electrons. The van der Waals surface area contributed by atoms with Gasteiger partial charge < -0.3 is 4.74 Å². The Morgan fingerprint density at radius 1 is 1.03 bits per heavy atom. The summed E-state index contributed by atoms with van der Waals surface area (Å²) < 4.78 is 5.94. The number of anilines is 1. The Bertz CT molecular complexity index is 1400. The highest BCUT2D eigenvalue weighted by molar-refractivity contribution is 7.22. The van der Waals surface area contributed by atoms with Crippen molar-refractivity contribution in [3.05, 3.63) is 98.1 Å². The SMILES string of the molecule is COc1ccc2nc(N(/N=C/c3ccccc3)C(=O)c3cc([N+](=O)[O-])cc([N+](=O)[O-])c3)sc2c1. The molecular weight excluding hydrogens is 462 g/mol. The lowest BCUT2D eigenvalue weighted by Gasteiger charge is -2.13. The molecule has 4 aromatic rings. The first-order valence-electron chi connectivity index (χ1n) is 9.67. The van der Waals surface area contributed by atoms with Crippen LogP contribution < -0.4 is 9.75 Å². The van der Waals surface area contributed by atoms with Crippen LogP contribution >= 0.6 is 11.3 Å². The van der Waals surface area contributed by atoms with E-state index in [1.165, 1.54) is 13.3 Å². The zero-order valence-corrected chi connectivity index (χ0v) is 18.3. The fourth-order valence-electron chi connectivity index (χ4n) is 3.01. The van der Waals surface area contributed by atoms with E-state index in [4.69, 9.17) is 4.74 Å². The quantitative estimate of drug-likeness (QED) is 0.211. The fraction of sp³-hybridized carbons (Fsp3) is 0.0455. The molecule has 0 spiro atoms. The lowest BCUT2D eigenvalue weighted by molar-refractivity contribution is -0.394. The molecule has 0 bridgehead atoms. The summed E-state index contributed by atoms with van der Waals surface area (Å²) in [6.07, 6.45) is 1.43. The molecule has 0 N–H and O–H groups in total. The van der Waals surface area contributed by atoms with E-state index in [1.807, 2.05) is 6.07 Å². The number of thiazole rings is 1. The highest BCUT2D eigenvalue weighted by atomic mass is 32.1. The first kappa shape index (κ1) is 22.5. The number of hydrogen-bond acceptors (Lipinski definition) is 9. The van der Waals surface area contributed by atoms with Gasteiger partial charge in [0.1, 0.15) is 5.75 Å². The predicted molar refractivity (Wildman–Crippen MR) is 127 cm³/mol. The molecule has 0 saturated carbocycles. The van der Waals surface area contributed by atoms with Crippen LogP contribution in [0.1, 0.15) is 15.9 Å². The summed E-state index contributed by atoms with van der Waals surface area (Å²) in [6, 6.07) is 16.9. The molecule has 0 fully saturated rings. The predicted octanol–water partition coefficient (Wildman–Crippen LogP) is 4.80. The number of nitrogens with zero attached hydrogens (tertiary/aromatic N) is 5. The number of benzene rings is 3. The highest BCUT2D eigenvalue weighted by Crippen LogP contribution is 2.33. The van der Waals surface area contributed by atoms with Crippen LogP contribution in [0.2, 0.25) is 0 Å². The Morgan fingerprint density at radius 2 is 1.71 bits per heavy atom. The summed E-state index contributed by atoms with van der Waals surface area (Å²) >= 11 is 1.15. The number of non-ortho nitro benzene ring substituents is 2. The lowest BCUT2D eigenvalue weighted by Crippen LogP contribution is -2.25. The van der Waals surface area contributed by atoms with Crippen LogP contribution in [0.5, 0.6) is 5.75 Å². The van der Waals surface area contributed by atoms with Gasteiger partial charge in [-0.2, -0.15) is 10.1 Å². The molecule has 0 aliphatic heterocycles. The molecule has 34 heavy (non-hydrogen) atoms. The van der Waals surface area contributed by atoms with E-state index in [0.29, 0.717) is 21.5 Å². The third-order valence-electron chi connectivity index (χ3n) is 4.65. The van der Waals surface area contributed by atoms with Gasteiger partial charge >= 0.3 is 0 Å². The van der Waals surface area contributed by atoms with Gasteiger partial charge in [-0.1, -0.05) is 41.7 Å². The Morgan fingerprint density at radius 3 is 2.32 bits per heavy atom. The van der Waals surface area contributed by atoms with E-state index >= 15 is 0 Å². The molecule has 3 aromatic carbocycles. The number of nitro benzene ring substituents is 2. The third kappa shape index (κ3) is 4.71. The van der Waals surface area contributed by atoms with Crippen LogP contribution in [0.15, 0.2) is 71.8 Å². The summed E-state index contributed by atoms with van der Waals surface area (Å²) in [5.41, 5.74) is -0.174. The van der Waals surface area contributed by atoms with Crippen LogP contribution in [-0.2, 0) is 0 Å². The van der Waals surface area contributed by atoms with E-state index in [-0.39, 0.29) is 10.7 Å². The van der Waals surface area contributed by atoms with Crippen LogP contribution in [0.4, 0.5) is 16.5 Å². The molecule has 1 amide bonds. The summed E-state index contributed by atoms with van der Waals surface area (Å²) in [4.78, 5) is 38.8. The van der Waals surface area contributed by atoms with Crippen molar-refractivity contribution in [1.29, 1.82) is 0 Å². The average Bonchev–Trinajstić information content (AvgIpc) is 3.27. The summed E-state index contributed by atoms with van der Waals surface area (Å²) in [5, 5.41) is 28.0. The molecule has 1 aromatic heterocycles. The minimum Gasteiger partial charge on any atom is -0.497 e. The van der Waals surface area contributed by atoms with Crippen molar-refractivity contribution in [3.63, 3.8) is 0 Å². The van der Waals surface area contributed by atoms with Gasteiger partial charge in [0.25, 0.3) is 17.3 Å². The average molecular weight is 477 g/mol. The zero-order valence-electron chi connectivity index (χ0n) is 17.5. The maximum atomic E-state index is 13.4. The molecule has 4 rings (SSSR count). The topological polar surface area (TPSA) is 141 Å². The van der Waals surface area contributed by atoms with Crippen molar-refractivity contribution in [1.82, 2.24) is 4.98 Å². The van der Waals surface area contributed by atoms with Crippen LogP contribution in [0.25, 0.3) is 10.2 Å². The Kier molecular flexibility index (Phi) is 6.23. The molecule has 1 heterocycles. The summed E-state index contributed by atoms with van der Waals surface area (Å²) in [7, 11) is 1.53. The van der Waals surface area contributed by atoms with Gasteiger partial charge in [-0.15, -0.1) is 0 Å². The molecule has 11 nitrogen and oxygen atoms in total. The normalized spacial score (nSPS) is 11.0. The van der Waals surface area contributed by atoms with E-state index in [0.717, 1.165) is 34.5 Å². The van der Waals surface area contributed by atoms with Gasteiger partial charge in [0.05, 0.1) is 45.0 Å². The molecule has 0 saturated heterocycles. The van der Waals surface area contributed by atoms with Crippen molar-refractivity contribution >= 4 is 50.2 Å². The maximum absolute atomic E-state index is 13.4. The number of aromatic nitrogens is 1. The lowest BCUT2D eigenvalue weighted by atomic mass is 10.1. The zero-order chi connectivity index (χ0) is 24.2. The van der Waals surface area contributed by atoms with Crippen molar-refractivity contribution < 1.29 is 19.4 Å². The van der Waals surface area contributed by atoms with Crippen molar-refractivity contribution in [2.45, 2.75) is 0 Å². The smallest absolute Gasteiger partial charge is 0.281 e. The number of fused-ring (bicyclic) bond motifs is 1. The van der Waals surface area contributed by atoms with Gasteiger partial charge in [0.2, 0.25) is 5.13 Å². The maximum Gasteiger partial charge on any atom is 0.281 e. The standard InChI is InChI=1S/C22H15N5O6S/c1-33-18-7-8-19-20(12-18)34-22(24-19)25(23-13-14-5-3-2-4-6-14)21(28)15-9-16(26(29)30)11-17(10-15)27(31)32/h2-13H,1H3/b23-13+. The van der Waals surface area contributed by atoms with E-state index < -0.39 is 27.1 Å². The third-order valence-corrected chi connectivity index (χ3v) is 5.64. The second-order valence-electron chi connectivity index (χ2n) is 6.85. The van der Waals surface area contributed by atoms with Crippen LogP contribution in [0.3, 0.4) is 0 Å². The second kappa shape index (κ2) is 9.42. The molecule has 0 unspecified atom stereocenters. The summed E-state index contributed by atoms with van der Waals surface area (Å²) in [5.74, 6) is -0.215. The molecule has 0 aliphatic carbocycles. The molecule has 0 radical (unpaired) electrons. The van der Waals surface area contributed by atoms with Crippen LogP contribution in [0, 0.1) is 20.2 Å². The van der Waals surface area contributed by atoms with Crippen molar-refractivity contribution in [2.24, 2.45) is 5.10 Å². The minimum atomic E-state index is -0.815. The van der Waals surface area contributed by atoms with Crippen molar-refractivity contribution in [2.75, 3.05) is 12.1 Å². The number of nitro groups is 2. The number of hydrogen-bond donors (Lipinski definition) is 0. The van der Waals surface area contributed by atoms with E-state index in [2.05, 4.69) is 10.1 Å². The molecule has 0 aliphatic rings. The second-order valence-corrected chi connectivity index (χ2v) is 7.86. The molecule has 12 heteroatoms. The number of amides is 1. The number of rotatable bonds is 7. The number of ether oxygens (including phenoxy) is 1. The van der Waals surface area contributed by atoms with Gasteiger partial charge in [0, 0.05) is 12.1 Å². The Hall–Kier alpha value is -4.71. The molecule has 0 atom stereocenters. The van der Waals surface area contributed by atoms with Gasteiger partial charge in [-0.3, -0.25) is 25.0 Å². The van der Waals surface area contributed by atoms with Crippen LogP contribution in [-0.4, -0.2) is 34.1 Å². The Labute approximate surface area is 195 Å². The number of methoxy groups -OCH3 is 1. The van der Waals surface area contributed by atoms with E-state index in [1.54, 1.807) is 42.5 Å². The summed E-state index contributed by atoms with van der Waals surface area (Å²) in [6.45, 7) is 0. The number of hydrazone groups is 1. The molecular formula is C22H15N5O6S. The minimum absolute atomic E-state index is 0.176. The largest absolute Gasteiger partial charge is 0.497 e. The Balaban J connectivity index is 1.83. The van der Waals surface area contributed by atoms with E-state index in [9.17, 15) is 25.0 Å². The monoisotopic (exact) mass is 477 g/mol.